The number of benzene rings is 2. The van der Waals surface area contributed by atoms with Crippen LogP contribution in [0.5, 0.6) is 23.0 Å². The molecule has 1 unspecified atom stereocenters. The lowest BCUT2D eigenvalue weighted by atomic mass is 9.96. The van der Waals surface area contributed by atoms with Gasteiger partial charge in [-0.1, -0.05) is 25.5 Å². The van der Waals surface area contributed by atoms with Gasteiger partial charge < -0.3 is 29.6 Å². The van der Waals surface area contributed by atoms with Gasteiger partial charge in [-0.25, -0.2) is 0 Å². The summed E-state index contributed by atoms with van der Waals surface area (Å²) in [6, 6.07) is 2.75. The summed E-state index contributed by atoms with van der Waals surface area (Å²) in [5, 5.41) is 42.1. The highest BCUT2D eigenvalue weighted by Crippen LogP contribution is 2.42. The number of hydrogen-bond acceptors (Lipinski definition) is 7. The van der Waals surface area contributed by atoms with Crippen molar-refractivity contribution in [2.24, 2.45) is 5.92 Å². The SMILES string of the molecule is COc1c(O)c(CC=C(C)C)cc2c(=O)c3c(O)c(CC(O)C(C)C)c(O)cc3oc12. The van der Waals surface area contributed by atoms with E-state index in [0.717, 1.165) is 5.57 Å². The number of hydrogen-bond donors (Lipinski definition) is 4. The largest absolute Gasteiger partial charge is 0.507 e. The van der Waals surface area contributed by atoms with Gasteiger partial charge in [0.1, 0.15) is 22.5 Å². The molecule has 7 nitrogen and oxygen atoms in total. The maximum atomic E-state index is 13.3. The van der Waals surface area contributed by atoms with Crippen LogP contribution in [0.15, 0.2) is 33.0 Å². The number of ether oxygens (including phenoxy) is 1. The molecule has 7 heteroatoms. The Morgan fingerprint density at radius 3 is 2.42 bits per heavy atom. The van der Waals surface area contributed by atoms with E-state index in [1.807, 2.05) is 33.8 Å². The first-order valence-electron chi connectivity index (χ1n) is 10.1. The third kappa shape index (κ3) is 4.05. The molecule has 0 fully saturated rings. The quantitative estimate of drug-likeness (QED) is 0.344. The second kappa shape index (κ2) is 8.51. The van der Waals surface area contributed by atoms with Gasteiger partial charge in [-0.2, -0.15) is 0 Å². The van der Waals surface area contributed by atoms with Gasteiger partial charge in [0.2, 0.25) is 11.2 Å². The van der Waals surface area contributed by atoms with E-state index in [2.05, 4.69) is 0 Å². The number of aliphatic hydroxyl groups excluding tert-OH is 1. The second-order valence-electron chi connectivity index (χ2n) is 8.32. The third-order valence-electron chi connectivity index (χ3n) is 5.44. The van der Waals surface area contributed by atoms with Crippen LogP contribution in [0.1, 0.15) is 38.8 Å². The van der Waals surface area contributed by atoms with Crippen molar-refractivity contribution in [1.82, 2.24) is 0 Å². The Balaban J connectivity index is 2.36. The lowest BCUT2D eigenvalue weighted by Crippen LogP contribution is -2.18. The highest BCUT2D eigenvalue weighted by atomic mass is 16.5. The van der Waals surface area contributed by atoms with Crippen molar-refractivity contribution >= 4 is 21.9 Å². The number of methoxy groups -OCH3 is 1. The minimum atomic E-state index is -0.811. The van der Waals surface area contributed by atoms with Gasteiger partial charge in [-0.3, -0.25) is 4.79 Å². The molecule has 0 aliphatic rings. The molecule has 0 saturated heterocycles. The van der Waals surface area contributed by atoms with E-state index < -0.39 is 17.3 Å². The van der Waals surface area contributed by atoms with E-state index >= 15 is 0 Å². The van der Waals surface area contributed by atoms with Crippen molar-refractivity contribution in [2.45, 2.75) is 46.6 Å². The summed E-state index contributed by atoms with van der Waals surface area (Å²) in [6.07, 6.45) is 1.46. The van der Waals surface area contributed by atoms with Crippen LogP contribution in [-0.2, 0) is 12.8 Å². The Bertz CT molecular complexity index is 1230. The van der Waals surface area contributed by atoms with E-state index in [1.54, 1.807) is 0 Å². The van der Waals surface area contributed by atoms with Crippen molar-refractivity contribution in [3.05, 3.63) is 45.1 Å². The topological polar surface area (TPSA) is 120 Å². The zero-order chi connectivity index (χ0) is 23.0. The lowest BCUT2D eigenvalue weighted by molar-refractivity contribution is 0.124. The van der Waals surface area contributed by atoms with Crippen molar-refractivity contribution in [3.63, 3.8) is 0 Å². The molecule has 0 amide bonds. The summed E-state index contributed by atoms with van der Waals surface area (Å²) in [5.41, 5.74) is 1.05. The Morgan fingerprint density at radius 1 is 1.16 bits per heavy atom. The Labute approximate surface area is 179 Å². The van der Waals surface area contributed by atoms with Crippen LogP contribution in [0.3, 0.4) is 0 Å². The van der Waals surface area contributed by atoms with Crippen molar-refractivity contribution in [2.75, 3.05) is 7.11 Å². The first-order valence-corrected chi connectivity index (χ1v) is 10.1. The van der Waals surface area contributed by atoms with Gasteiger partial charge in [0.05, 0.1) is 18.6 Å². The number of fused-ring (bicyclic) bond motifs is 2. The normalized spacial score (nSPS) is 12.5. The molecule has 0 bridgehead atoms. The number of aliphatic hydroxyl groups is 1. The fourth-order valence-electron chi connectivity index (χ4n) is 3.48. The van der Waals surface area contributed by atoms with E-state index in [0.29, 0.717) is 12.0 Å². The van der Waals surface area contributed by atoms with Crippen LogP contribution in [0, 0.1) is 5.92 Å². The third-order valence-corrected chi connectivity index (χ3v) is 5.44. The summed E-state index contributed by atoms with van der Waals surface area (Å²) < 4.78 is 11.1. The van der Waals surface area contributed by atoms with Gasteiger partial charge in [0.15, 0.2) is 11.3 Å². The highest BCUT2D eigenvalue weighted by molar-refractivity contribution is 5.98. The molecule has 0 radical (unpaired) electrons. The zero-order valence-electron chi connectivity index (χ0n) is 18.3. The number of rotatable bonds is 6. The molecule has 166 valence electrons. The van der Waals surface area contributed by atoms with Crippen LogP contribution in [0.4, 0.5) is 0 Å². The van der Waals surface area contributed by atoms with Crippen LogP contribution in [0.2, 0.25) is 0 Å². The smallest absolute Gasteiger partial charge is 0.204 e. The van der Waals surface area contributed by atoms with Gasteiger partial charge in [-0.15, -0.1) is 0 Å². The number of phenols is 3. The molecule has 1 atom stereocenters. The van der Waals surface area contributed by atoms with Crippen LogP contribution < -0.4 is 10.2 Å². The molecular formula is C24H28O7. The first-order chi connectivity index (χ1) is 14.6. The molecule has 3 aromatic rings. The molecule has 0 aliphatic heterocycles. The summed E-state index contributed by atoms with van der Waals surface area (Å²) in [7, 11) is 1.36. The molecule has 4 N–H and O–H groups in total. The van der Waals surface area contributed by atoms with Crippen LogP contribution in [-0.4, -0.2) is 33.6 Å². The van der Waals surface area contributed by atoms with Gasteiger partial charge in [0, 0.05) is 23.6 Å². The van der Waals surface area contributed by atoms with Crippen molar-refractivity contribution in [3.8, 4) is 23.0 Å². The first kappa shape index (κ1) is 22.5. The predicted octanol–water partition coefficient (Wildman–Crippen LogP) is 4.14. The Morgan fingerprint density at radius 2 is 1.84 bits per heavy atom. The molecule has 3 rings (SSSR count). The molecule has 0 spiro atoms. The second-order valence-corrected chi connectivity index (χ2v) is 8.32. The standard InChI is InChI=1S/C24H28O7/c1-11(2)6-7-13-8-15-22(29)19-18(31-23(15)24(30-5)20(13)27)10-17(26)14(21(19)28)9-16(25)12(3)4/h6,8,10,12,16,25-28H,7,9H2,1-5H3. The molecule has 1 aromatic heterocycles. The van der Waals surface area contributed by atoms with Crippen molar-refractivity contribution < 1.29 is 29.6 Å². The summed E-state index contributed by atoms with van der Waals surface area (Å²) in [5.74, 6) is -0.960. The van der Waals surface area contributed by atoms with E-state index in [-0.39, 0.29) is 57.1 Å². The van der Waals surface area contributed by atoms with Crippen LogP contribution in [0.25, 0.3) is 21.9 Å². The average Bonchev–Trinajstić information content (AvgIpc) is 2.69. The lowest BCUT2D eigenvalue weighted by Gasteiger charge is -2.17. The van der Waals surface area contributed by atoms with E-state index in [9.17, 15) is 25.2 Å². The number of allylic oxidation sites excluding steroid dienone is 2. The molecule has 31 heavy (non-hydrogen) atoms. The van der Waals surface area contributed by atoms with Gasteiger partial charge in [0.25, 0.3) is 0 Å². The maximum Gasteiger partial charge on any atom is 0.204 e. The Hall–Kier alpha value is -3.19. The van der Waals surface area contributed by atoms with Gasteiger partial charge in [-0.05, 0) is 32.3 Å². The number of phenolic OH excluding ortho intramolecular Hbond substituents is 3. The van der Waals surface area contributed by atoms with Crippen LogP contribution >= 0.6 is 0 Å². The van der Waals surface area contributed by atoms with E-state index in [1.165, 1.54) is 19.2 Å². The molecule has 0 aliphatic carbocycles. The summed E-state index contributed by atoms with van der Waals surface area (Å²) in [4.78, 5) is 13.3. The highest BCUT2D eigenvalue weighted by Gasteiger charge is 2.24. The summed E-state index contributed by atoms with van der Waals surface area (Å²) >= 11 is 0. The monoisotopic (exact) mass is 428 g/mol. The fraction of sp³-hybridized carbons (Fsp3) is 0.375. The minimum absolute atomic E-state index is 0.00643. The number of aromatic hydroxyl groups is 3. The van der Waals surface area contributed by atoms with E-state index in [4.69, 9.17) is 9.15 Å². The predicted molar refractivity (Wildman–Crippen MR) is 119 cm³/mol. The maximum absolute atomic E-state index is 13.3. The molecule has 0 saturated carbocycles. The minimum Gasteiger partial charge on any atom is -0.507 e. The molecule has 1 heterocycles. The molecule has 2 aromatic carbocycles. The molecular weight excluding hydrogens is 400 g/mol. The van der Waals surface area contributed by atoms with Crippen molar-refractivity contribution in [1.29, 1.82) is 0 Å². The summed E-state index contributed by atoms with van der Waals surface area (Å²) in [6.45, 7) is 7.48. The fourth-order valence-corrected chi connectivity index (χ4v) is 3.48. The average molecular weight is 428 g/mol. The Kier molecular flexibility index (Phi) is 6.18. The van der Waals surface area contributed by atoms with Gasteiger partial charge >= 0.3 is 0 Å². The zero-order valence-corrected chi connectivity index (χ0v) is 18.3.